The average molecular weight is 293 g/mol. The van der Waals surface area contributed by atoms with Gasteiger partial charge < -0.3 is 9.30 Å². The molecule has 1 aliphatic rings. The molecule has 1 aliphatic carbocycles. The predicted molar refractivity (Wildman–Crippen MR) is 82.6 cm³/mol. The zero-order valence-corrected chi connectivity index (χ0v) is 13.0. The normalized spacial score (nSPS) is 18.2. The number of ether oxygens (including phenoxy) is 1. The summed E-state index contributed by atoms with van der Waals surface area (Å²) in [6.45, 7) is 4.26. The first-order chi connectivity index (χ1) is 9.60. The molecule has 1 heterocycles. The van der Waals surface area contributed by atoms with Crippen LogP contribution >= 0.6 is 11.6 Å². The number of hydrogen-bond acceptors (Lipinski definition) is 2. The number of alkyl halides is 1. The Labute approximate surface area is 124 Å². The maximum Gasteiger partial charge on any atom is 0.127 e. The molecule has 4 heteroatoms. The largest absolute Gasteiger partial charge is 0.497 e. The van der Waals surface area contributed by atoms with E-state index in [2.05, 4.69) is 17.6 Å². The van der Waals surface area contributed by atoms with Gasteiger partial charge in [-0.25, -0.2) is 4.98 Å². The number of rotatable bonds is 5. The summed E-state index contributed by atoms with van der Waals surface area (Å²) in [7, 11) is 1.68. The molecular formula is C16H21ClN2O. The zero-order chi connectivity index (χ0) is 14.3. The van der Waals surface area contributed by atoms with Gasteiger partial charge in [-0.05, 0) is 38.3 Å². The minimum absolute atomic E-state index is 0.0879. The predicted octanol–water partition coefficient (Wildman–Crippen LogP) is 4.71. The van der Waals surface area contributed by atoms with E-state index < -0.39 is 0 Å². The van der Waals surface area contributed by atoms with E-state index in [4.69, 9.17) is 21.3 Å². The number of methoxy groups -OCH3 is 1. The van der Waals surface area contributed by atoms with E-state index in [-0.39, 0.29) is 5.38 Å². The van der Waals surface area contributed by atoms with Crippen molar-refractivity contribution in [3.05, 3.63) is 24.0 Å². The van der Waals surface area contributed by atoms with E-state index in [0.717, 1.165) is 28.5 Å². The van der Waals surface area contributed by atoms with Gasteiger partial charge in [-0.15, -0.1) is 11.6 Å². The van der Waals surface area contributed by atoms with E-state index in [9.17, 15) is 0 Å². The van der Waals surface area contributed by atoms with Crippen molar-refractivity contribution in [2.24, 2.45) is 5.92 Å². The Kier molecular flexibility index (Phi) is 3.63. The first-order valence-electron chi connectivity index (χ1n) is 7.30. The molecule has 2 atom stereocenters. The van der Waals surface area contributed by atoms with Gasteiger partial charge in [0.2, 0.25) is 0 Å². The fourth-order valence-electron chi connectivity index (χ4n) is 2.91. The topological polar surface area (TPSA) is 27.1 Å². The van der Waals surface area contributed by atoms with Crippen LogP contribution in [0.3, 0.4) is 0 Å². The van der Waals surface area contributed by atoms with Crippen LogP contribution in [0.25, 0.3) is 11.0 Å². The van der Waals surface area contributed by atoms with Gasteiger partial charge in [0.05, 0.1) is 23.5 Å². The molecule has 3 nitrogen and oxygen atoms in total. The number of benzene rings is 1. The Morgan fingerprint density at radius 2 is 2.15 bits per heavy atom. The molecule has 108 valence electrons. The van der Waals surface area contributed by atoms with Gasteiger partial charge in [-0.2, -0.15) is 0 Å². The van der Waals surface area contributed by atoms with Crippen LogP contribution in [0.15, 0.2) is 18.2 Å². The first kappa shape index (κ1) is 13.7. The molecule has 0 spiro atoms. The summed E-state index contributed by atoms with van der Waals surface area (Å²) in [5.74, 6) is 2.69. The highest BCUT2D eigenvalue weighted by Crippen LogP contribution is 2.39. The first-order valence-corrected chi connectivity index (χ1v) is 7.73. The standard InChI is InChI=1S/C16H21ClN2O/c1-10(8-12-4-5-12)19-15-7-6-13(20-3)9-14(15)18-16(19)11(2)17/h6-7,9-12H,4-5,8H2,1-3H3. The average Bonchev–Trinajstić information content (AvgIpc) is 3.15. The molecule has 3 rings (SSSR count). The molecule has 0 radical (unpaired) electrons. The van der Waals surface area contributed by atoms with Crippen LogP contribution in [0.1, 0.15) is 50.4 Å². The van der Waals surface area contributed by atoms with Crippen LogP contribution in [0.4, 0.5) is 0 Å². The van der Waals surface area contributed by atoms with Crippen molar-refractivity contribution in [1.82, 2.24) is 9.55 Å². The zero-order valence-electron chi connectivity index (χ0n) is 12.3. The van der Waals surface area contributed by atoms with Crippen molar-refractivity contribution in [2.75, 3.05) is 7.11 Å². The lowest BCUT2D eigenvalue weighted by Crippen LogP contribution is -2.10. The van der Waals surface area contributed by atoms with Crippen molar-refractivity contribution in [3.63, 3.8) is 0 Å². The third kappa shape index (κ3) is 2.51. The second-order valence-corrected chi connectivity index (χ2v) is 6.49. The SMILES string of the molecule is COc1ccc2c(c1)nc(C(C)Cl)n2C(C)CC1CC1. The summed E-state index contributed by atoms with van der Waals surface area (Å²) < 4.78 is 7.59. The van der Waals surface area contributed by atoms with E-state index in [1.54, 1.807) is 7.11 Å². The Morgan fingerprint density at radius 1 is 1.40 bits per heavy atom. The lowest BCUT2D eigenvalue weighted by Gasteiger charge is -2.18. The van der Waals surface area contributed by atoms with Crippen LogP contribution in [0.2, 0.25) is 0 Å². The van der Waals surface area contributed by atoms with Gasteiger partial charge in [-0.1, -0.05) is 12.8 Å². The molecule has 1 aromatic heterocycles. The number of aromatic nitrogens is 2. The van der Waals surface area contributed by atoms with Crippen LogP contribution in [0, 0.1) is 5.92 Å². The lowest BCUT2D eigenvalue weighted by atomic mass is 10.1. The van der Waals surface area contributed by atoms with Crippen molar-refractivity contribution >= 4 is 22.6 Å². The maximum atomic E-state index is 6.34. The summed E-state index contributed by atoms with van der Waals surface area (Å²) in [6, 6.07) is 6.51. The Hall–Kier alpha value is -1.22. The molecule has 2 unspecified atom stereocenters. The second-order valence-electron chi connectivity index (χ2n) is 5.84. The van der Waals surface area contributed by atoms with Gasteiger partial charge in [0.15, 0.2) is 0 Å². The smallest absolute Gasteiger partial charge is 0.127 e. The van der Waals surface area contributed by atoms with Crippen molar-refractivity contribution in [2.45, 2.75) is 44.5 Å². The molecule has 0 aliphatic heterocycles. The van der Waals surface area contributed by atoms with E-state index in [1.807, 2.05) is 19.1 Å². The minimum Gasteiger partial charge on any atom is -0.497 e. The minimum atomic E-state index is -0.0879. The number of fused-ring (bicyclic) bond motifs is 1. The Morgan fingerprint density at radius 3 is 2.75 bits per heavy atom. The Bertz CT molecular complexity index is 616. The maximum absolute atomic E-state index is 6.34. The lowest BCUT2D eigenvalue weighted by molar-refractivity contribution is 0.415. The van der Waals surface area contributed by atoms with Crippen molar-refractivity contribution < 1.29 is 4.74 Å². The van der Waals surface area contributed by atoms with Gasteiger partial charge in [0.25, 0.3) is 0 Å². The summed E-state index contributed by atoms with van der Waals surface area (Å²) in [5.41, 5.74) is 2.12. The van der Waals surface area contributed by atoms with E-state index in [1.165, 1.54) is 19.3 Å². The third-order valence-corrected chi connectivity index (χ3v) is 4.29. The number of hydrogen-bond donors (Lipinski definition) is 0. The molecule has 2 aromatic rings. The van der Waals surface area contributed by atoms with Crippen molar-refractivity contribution in [1.29, 1.82) is 0 Å². The van der Waals surface area contributed by atoms with E-state index in [0.29, 0.717) is 6.04 Å². The highest BCUT2D eigenvalue weighted by Gasteiger charge is 2.27. The third-order valence-electron chi connectivity index (χ3n) is 4.09. The fourth-order valence-corrected chi connectivity index (χ4v) is 3.06. The molecule has 20 heavy (non-hydrogen) atoms. The van der Waals surface area contributed by atoms with Crippen LogP contribution in [0.5, 0.6) is 5.75 Å². The number of halogens is 1. The van der Waals surface area contributed by atoms with Crippen LogP contribution in [-0.2, 0) is 0 Å². The molecule has 0 saturated heterocycles. The van der Waals surface area contributed by atoms with Gasteiger partial charge in [0, 0.05) is 12.1 Å². The quantitative estimate of drug-likeness (QED) is 0.747. The molecule has 1 saturated carbocycles. The molecular weight excluding hydrogens is 272 g/mol. The molecule has 0 bridgehead atoms. The van der Waals surface area contributed by atoms with E-state index >= 15 is 0 Å². The molecule has 0 amide bonds. The van der Waals surface area contributed by atoms with Gasteiger partial charge >= 0.3 is 0 Å². The fraction of sp³-hybridized carbons (Fsp3) is 0.562. The highest BCUT2D eigenvalue weighted by atomic mass is 35.5. The van der Waals surface area contributed by atoms with Crippen LogP contribution < -0.4 is 4.74 Å². The molecule has 0 N–H and O–H groups in total. The Balaban J connectivity index is 2.07. The van der Waals surface area contributed by atoms with Crippen molar-refractivity contribution in [3.8, 4) is 5.75 Å². The summed E-state index contributed by atoms with van der Waals surface area (Å²) in [4.78, 5) is 4.72. The molecule has 1 fully saturated rings. The van der Waals surface area contributed by atoms with Gasteiger partial charge in [-0.3, -0.25) is 0 Å². The summed E-state index contributed by atoms with van der Waals surface area (Å²) in [6.07, 6.45) is 3.96. The highest BCUT2D eigenvalue weighted by molar-refractivity contribution is 6.20. The second kappa shape index (κ2) is 5.28. The molecule has 1 aromatic carbocycles. The van der Waals surface area contributed by atoms with Crippen LogP contribution in [-0.4, -0.2) is 16.7 Å². The summed E-state index contributed by atoms with van der Waals surface area (Å²) in [5, 5.41) is -0.0879. The van der Waals surface area contributed by atoms with Gasteiger partial charge in [0.1, 0.15) is 11.6 Å². The monoisotopic (exact) mass is 292 g/mol. The number of imidazole rings is 1. The summed E-state index contributed by atoms with van der Waals surface area (Å²) >= 11 is 6.34. The number of nitrogens with zero attached hydrogens (tertiary/aromatic N) is 2.